The van der Waals surface area contributed by atoms with Crippen molar-refractivity contribution in [1.29, 1.82) is 0 Å². The summed E-state index contributed by atoms with van der Waals surface area (Å²) in [6, 6.07) is 17.6. The highest BCUT2D eigenvalue weighted by molar-refractivity contribution is 6.30. The number of ether oxygens (including phenoxy) is 1. The first-order valence-electron chi connectivity index (χ1n) is 9.79. The van der Waals surface area contributed by atoms with Crippen LogP contribution in [0, 0.1) is 0 Å². The highest BCUT2D eigenvalue weighted by atomic mass is 35.5. The molecule has 1 heterocycles. The Labute approximate surface area is 172 Å². The van der Waals surface area contributed by atoms with E-state index in [1.165, 1.54) is 5.56 Å². The van der Waals surface area contributed by atoms with E-state index in [4.69, 9.17) is 16.3 Å². The summed E-state index contributed by atoms with van der Waals surface area (Å²) in [5, 5.41) is 3.61. The van der Waals surface area contributed by atoms with Crippen LogP contribution < -0.4 is 10.1 Å². The standard InChI is InChI=1S/C22H28ClN3O2/c1-18(28-21-9-7-20(23)8-10-21)22(27)24-11-12-25-13-15-26(16-14-25)17-19-5-3-2-4-6-19/h2-10,18H,11-17H2,1H3,(H,24,27). The number of carbonyl (C=O) groups excluding carboxylic acids is 1. The quantitative estimate of drug-likeness (QED) is 0.738. The van der Waals surface area contributed by atoms with Gasteiger partial charge in [0.15, 0.2) is 6.10 Å². The fourth-order valence-corrected chi connectivity index (χ4v) is 3.39. The third-order valence-electron chi connectivity index (χ3n) is 4.94. The second-order valence-corrected chi connectivity index (χ2v) is 7.54. The zero-order valence-electron chi connectivity index (χ0n) is 16.3. The molecule has 28 heavy (non-hydrogen) atoms. The number of halogens is 1. The number of nitrogens with one attached hydrogen (secondary N) is 1. The van der Waals surface area contributed by atoms with Gasteiger partial charge in [-0.05, 0) is 36.8 Å². The van der Waals surface area contributed by atoms with Gasteiger partial charge in [0.1, 0.15) is 5.75 Å². The largest absolute Gasteiger partial charge is 0.481 e. The topological polar surface area (TPSA) is 44.8 Å². The SMILES string of the molecule is CC(Oc1ccc(Cl)cc1)C(=O)NCCN1CCN(Cc2ccccc2)CC1. The maximum atomic E-state index is 12.2. The van der Waals surface area contributed by atoms with Gasteiger partial charge in [0.2, 0.25) is 0 Å². The molecule has 2 aromatic carbocycles. The highest BCUT2D eigenvalue weighted by Crippen LogP contribution is 2.16. The Morgan fingerprint density at radius 2 is 1.68 bits per heavy atom. The predicted octanol–water partition coefficient (Wildman–Crippen LogP) is 3.04. The number of carbonyl (C=O) groups is 1. The van der Waals surface area contributed by atoms with E-state index in [2.05, 4.69) is 45.4 Å². The lowest BCUT2D eigenvalue weighted by Crippen LogP contribution is -2.48. The molecule has 1 aliphatic rings. The second-order valence-electron chi connectivity index (χ2n) is 7.11. The highest BCUT2D eigenvalue weighted by Gasteiger charge is 2.18. The van der Waals surface area contributed by atoms with Crippen molar-refractivity contribution in [2.75, 3.05) is 39.3 Å². The average Bonchev–Trinajstić information content (AvgIpc) is 2.71. The molecule has 5 nitrogen and oxygen atoms in total. The van der Waals surface area contributed by atoms with Crippen LogP contribution in [0.25, 0.3) is 0 Å². The lowest BCUT2D eigenvalue weighted by atomic mass is 10.2. The monoisotopic (exact) mass is 401 g/mol. The van der Waals surface area contributed by atoms with Gasteiger partial charge in [-0.1, -0.05) is 41.9 Å². The lowest BCUT2D eigenvalue weighted by molar-refractivity contribution is -0.127. The van der Waals surface area contributed by atoms with Gasteiger partial charge in [-0.2, -0.15) is 0 Å². The number of benzene rings is 2. The Bertz CT molecular complexity index is 731. The minimum absolute atomic E-state index is 0.0994. The van der Waals surface area contributed by atoms with Crippen LogP contribution in [0.15, 0.2) is 54.6 Å². The molecule has 0 bridgehead atoms. The molecule has 0 spiro atoms. The molecule has 0 saturated carbocycles. The van der Waals surface area contributed by atoms with Crippen LogP contribution in [0.3, 0.4) is 0 Å². The van der Waals surface area contributed by atoms with E-state index < -0.39 is 6.10 Å². The molecule has 1 aliphatic heterocycles. The molecule has 6 heteroatoms. The molecule has 1 fully saturated rings. The molecular formula is C22H28ClN3O2. The Kier molecular flexibility index (Phi) is 7.71. The zero-order valence-corrected chi connectivity index (χ0v) is 17.1. The van der Waals surface area contributed by atoms with Gasteiger partial charge in [0.05, 0.1) is 0 Å². The first-order valence-corrected chi connectivity index (χ1v) is 10.2. The molecular weight excluding hydrogens is 374 g/mol. The summed E-state index contributed by atoms with van der Waals surface area (Å²) in [4.78, 5) is 17.1. The van der Waals surface area contributed by atoms with E-state index in [0.29, 0.717) is 17.3 Å². The predicted molar refractivity (Wildman–Crippen MR) is 113 cm³/mol. The number of rotatable bonds is 8. The van der Waals surface area contributed by atoms with Crippen LogP contribution in [-0.4, -0.2) is 61.1 Å². The molecule has 0 radical (unpaired) electrons. The second kappa shape index (κ2) is 10.5. The van der Waals surface area contributed by atoms with E-state index in [0.717, 1.165) is 39.3 Å². The first-order chi connectivity index (χ1) is 13.6. The van der Waals surface area contributed by atoms with Gasteiger partial charge in [-0.3, -0.25) is 14.6 Å². The Morgan fingerprint density at radius 1 is 1.04 bits per heavy atom. The number of hydrogen-bond donors (Lipinski definition) is 1. The molecule has 2 aromatic rings. The van der Waals surface area contributed by atoms with Crippen molar-refractivity contribution >= 4 is 17.5 Å². The van der Waals surface area contributed by atoms with Crippen LogP contribution in [0.1, 0.15) is 12.5 Å². The van der Waals surface area contributed by atoms with Crippen molar-refractivity contribution in [2.45, 2.75) is 19.6 Å². The van der Waals surface area contributed by atoms with Gasteiger partial charge >= 0.3 is 0 Å². The molecule has 150 valence electrons. The summed E-state index contributed by atoms with van der Waals surface area (Å²) in [6.07, 6.45) is -0.538. The van der Waals surface area contributed by atoms with Crippen molar-refractivity contribution < 1.29 is 9.53 Å². The zero-order chi connectivity index (χ0) is 19.8. The Balaban J connectivity index is 1.32. The fourth-order valence-electron chi connectivity index (χ4n) is 3.26. The van der Waals surface area contributed by atoms with Crippen molar-refractivity contribution in [1.82, 2.24) is 15.1 Å². The summed E-state index contributed by atoms with van der Waals surface area (Å²) in [5.74, 6) is 0.541. The van der Waals surface area contributed by atoms with E-state index in [-0.39, 0.29) is 5.91 Å². The number of piperazine rings is 1. The van der Waals surface area contributed by atoms with Crippen LogP contribution in [0.2, 0.25) is 5.02 Å². The molecule has 1 amide bonds. The van der Waals surface area contributed by atoms with E-state index in [1.807, 2.05) is 0 Å². The van der Waals surface area contributed by atoms with E-state index in [1.54, 1.807) is 31.2 Å². The lowest BCUT2D eigenvalue weighted by Gasteiger charge is -2.34. The van der Waals surface area contributed by atoms with Gasteiger partial charge in [0.25, 0.3) is 5.91 Å². The minimum atomic E-state index is -0.538. The summed E-state index contributed by atoms with van der Waals surface area (Å²) in [6.45, 7) is 8.42. The van der Waals surface area contributed by atoms with Crippen molar-refractivity contribution in [2.24, 2.45) is 0 Å². The maximum absolute atomic E-state index is 12.2. The molecule has 0 aromatic heterocycles. The van der Waals surface area contributed by atoms with Gasteiger partial charge in [-0.15, -0.1) is 0 Å². The molecule has 0 aliphatic carbocycles. The molecule has 1 saturated heterocycles. The number of hydrogen-bond acceptors (Lipinski definition) is 4. The third-order valence-corrected chi connectivity index (χ3v) is 5.19. The van der Waals surface area contributed by atoms with Crippen molar-refractivity contribution in [3.8, 4) is 5.75 Å². The van der Waals surface area contributed by atoms with Crippen LogP contribution >= 0.6 is 11.6 Å². The Hall–Kier alpha value is -2.08. The molecule has 3 rings (SSSR count). The average molecular weight is 402 g/mol. The summed E-state index contributed by atoms with van der Waals surface area (Å²) in [7, 11) is 0. The van der Waals surface area contributed by atoms with Crippen LogP contribution in [0.4, 0.5) is 0 Å². The normalized spacial score (nSPS) is 16.5. The number of nitrogens with zero attached hydrogens (tertiary/aromatic N) is 2. The summed E-state index contributed by atoms with van der Waals surface area (Å²) >= 11 is 5.86. The number of amides is 1. The molecule has 1 N–H and O–H groups in total. The van der Waals surface area contributed by atoms with Crippen molar-refractivity contribution in [3.05, 3.63) is 65.2 Å². The maximum Gasteiger partial charge on any atom is 0.260 e. The third kappa shape index (κ3) is 6.51. The fraction of sp³-hybridized carbons (Fsp3) is 0.409. The van der Waals surface area contributed by atoms with Gasteiger partial charge < -0.3 is 10.1 Å². The van der Waals surface area contributed by atoms with Crippen molar-refractivity contribution in [3.63, 3.8) is 0 Å². The Morgan fingerprint density at radius 3 is 2.36 bits per heavy atom. The van der Waals surface area contributed by atoms with E-state index in [9.17, 15) is 4.79 Å². The molecule has 1 unspecified atom stereocenters. The van der Waals surface area contributed by atoms with Gasteiger partial charge in [0, 0.05) is 50.8 Å². The summed E-state index contributed by atoms with van der Waals surface area (Å²) in [5.41, 5.74) is 1.36. The summed E-state index contributed by atoms with van der Waals surface area (Å²) < 4.78 is 5.65. The minimum Gasteiger partial charge on any atom is -0.481 e. The first kappa shape index (κ1) is 20.6. The van der Waals surface area contributed by atoms with Crippen LogP contribution in [-0.2, 0) is 11.3 Å². The molecule has 1 atom stereocenters. The van der Waals surface area contributed by atoms with E-state index >= 15 is 0 Å². The van der Waals surface area contributed by atoms with Crippen LogP contribution in [0.5, 0.6) is 5.75 Å². The smallest absolute Gasteiger partial charge is 0.260 e. The van der Waals surface area contributed by atoms with Gasteiger partial charge in [-0.25, -0.2) is 0 Å².